The van der Waals surface area contributed by atoms with E-state index >= 15 is 0 Å². The van der Waals surface area contributed by atoms with Crippen LogP contribution in [0.25, 0.3) is 0 Å². The van der Waals surface area contributed by atoms with Gasteiger partial charge in [0.15, 0.2) is 0 Å². The molecule has 0 aromatic heterocycles. The van der Waals surface area contributed by atoms with E-state index in [-0.39, 0.29) is 0 Å². The van der Waals surface area contributed by atoms with E-state index in [1.54, 1.807) is 0 Å². The highest BCUT2D eigenvalue weighted by atomic mass is 31.1. The van der Waals surface area contributed by atoms with Crippen molar-refractivity contribution in [2.45, 2.75) is 0 Å². The third-order valence-electron chi connectivity index (χ3n) is 0.396. The molecule has 46 valence electrons. The molecule has 0 rings (SSSR count). The van der Waals surface area contributed by atoms with Crippen LogP contribution in [0.4, 0.5) is 0 Å². The van der Waals surface area contributed by atoms with Gasteiger partial charge in [0, 0.05) is 14.5 Å². The van der Waals surface area contributed by atoms with Crippen LogP contribution in [0.2, 0.25) is 0 Å². The SMILES string of the molecule is C=CCP=NPNP. The second-order valence-corrected chi connectivity index (χ2v) is 3.80. The van der Waals surface area contributed by atoms with Crippen LogP contribution in [-0.2, 0) is 0 Å². The van der Waals surface area contributed by atoms with Crippen molar-refractivity contribution in [1.29, 1.82) is 0 Å². The van der Waals surface area contributed by atoms with Crippen LogP contribution in [0.5, 0.6) is 0 Å². The summed E-state index contributed by atoms with van der Waals surface area (Å²) in [6.45, 7) is 3.57. The second kappa shape index (κ2) is 7.66. The Labute approximate surface area is 55.6 Å². The van der Waals surface area contributed by atoms with Gasteiger partial charge in [-0.05, 0) is 0 Å². The Morgan fingerprint density at radius 1 is 2.00 bits per heavy atom. The van der Waals surface area contributed by atoms with Crippen molar-refractivity contribution < 1.29 is 0 Å². The minimum atomic E-state index is 0.503. The minimum absolute atomic E-state index is 0.503. The Morgan fingerprint density at radius 2 is 2.75 bits per heavy atom. The molecule has 0 heterocycles. The van der Waals surface area contributed by atoms with Crippen LogP contribution >= 0.6 is 26.6 Å². The maximum Gasteiger partial charge on any atom is 0.0799 e. The second-order valence-electron chi connectivity index (χ2n) is 0.969. The van der Waals surface area contributed by atoms with Crippen LogP contribution in [0, 0.1) is 0 Å². The van der Waals surface area contributed by atoms with Gasteiger partial charge in [-0.3, -0.25) is 4.86 Å². The highest BCUT2D eigenvalue weighted by molar-refractivity contribution is 7.48. The number of nitrogens with zero attached hydrogens (tertiary/aromatic N) is 1. The summed E-state index contributed by atoms with van der Waals surface area (Å²) in [4.78, 5) is 2.86. The first-order valence-corrected chi connectivity index (χ1v) is 4.65. The zero-order valence-electron chi connectivity index (χ0n) is 4.46. The molecule has 0 aliphatic carbocycles. The number of rotatable bonds is 4. The molecular weight excluding hydrogens is 157 g/mol. The zero-order valence-corrected chi connectivity index (χ0v) is 7.51. The van der Waals surface area contributed by atoms with Gasteiger partial charge in [0.2, 0.25) is 0 Å². The largest absolute Gasteiger partial charge is 0.263 e. The van der Waals surface area contributed by atoms with Crippen LogP contribution < -0.4 is 4.86 Å². The molecule has 0 fully saturated rings. The Bertz CT molecular complexity index is 82.6. The minimum Gasteiger partial charge on any atom is -0.263 e. The quantitative estimate of drug-likeness (QED) is 0.502. The van der Waals surface area contributed by atoms with E-state index in [0.29, 0.717) is 8.88 Å². The molecule has 0 radical (unpaired) electrons. The van der Waals surface area contributed by atoms with Crippen molar-refractivity contribution in [3.8, 4) is 0 Å². The predicted octanol–water partition coefficient (Wildman–Crippen LogP) is 2.19. The van der Waals surface area contributed by atoms with E-state index in [1.165, 1.54) is 0 Å². The lowest BCUT2D eigenvalue weighted by Crippen LogP contribution is -1.65. The number of nitrogens with one attached hydrogen (secondary N) is 1. The summed E-state index contributed by atoms with van der Waals surface area (Å²) < 4.78 is 4.08. The van der Waals surface area contributed by atoms with Crippen molar-refractivity contribution >= 4 is 26.6 Å². The molecule has 0 aromatic rings. The summed E-state index contributed by atoms with van der Waals surface area (Å²) in [5.74, 6) is 0. The summed E-state index contributed by atoms with van der Waals surface area (Å²) in [5.41, 5.74) is 0. The van der Waals surface area contributed by atoms with Gasteiger partial charge in [0.1, 0.15) is 0 Å². The Kier molecular flexibility index (Phi) is 8.29. The fourth-order valence-electron chi connectivity index (χ4n) is 0.163. The lowest BCUT2D eigenvalue weighted by atomic mass is 10.8. The first kappa shape index (κ1) is 8.66. The topological polar surface area (TPSA) is 24.4 Å². The standard InChI is InChI=1S/C3H9N2P3/c1-2-3-7-5-8-4-6/h2,4,8H,1,3,6H2. The number of hydrogen-bond donors (Lipinski definition) is 1. The molecule has 2 nitrogen and oxygen atoms in total. The maximum absolute atomic E-state index is 4.08. The fourth-order valence-corrected chi connectivity index (χ4v) is 1.64. The molecule has 0 aliphatic rings. The summed E-state index contributed by atoms with van der Waals surface area (Å²) in [6, 6.07) is 0. The summed E-state index contributed by atoms with van der Waals surface area (Å²) >= 11 is 0. The molecule has 8 heavy (non-hydrogen) atoms. The number of hydrogen-bond acceptors (Lipinski definition) is 2. The van der Waals surface area contributed by atoms with E-state index in [4.69, 9.17) is 0 Å². The number of allylic oxidation sites excluding steroid dienone is 1. The van der Waals surface area contributed by atoms with E-state index < -0.39 is 0 Å². The summed E-state index contributed by atoms with van der Waals surface area (Å²) in [5, 5.41) is 0. The lowest BCUT2D eigenvalue weighted by Gasteiger charge is -1.83. The first-order valence-electron chi connectivity index (χ1n) is 2.10. The third kappa shape index (κ3) is 6.66. The molecular formula is C3H9N2P3. The molecule has 0 saturated carbocycles. The van der Waals surface area contributed by atoms with Crippen molar-refractivity contribution in [2.75, 3.05) is 6.16 Å². The predicted molar refractivity (Wildman–Crippen MR) is 45.6 cm³/mol. The van der Waals surface area contributed by atoms with Crippen LogP contribution in [0.15, 0.2) is 17.2 Å². The van der Waals surface area contributed by atoms with Crippen molar-refractivity contribution in [1.82, 2.24) is 4.86 Å². The highest BCUT2D eigenvalue weighted by Gasteiger charge is 1.69. The van der Waals surface area contributed by atoms with Gasteiger partial charge in [0.05, 0.1) is 8.88 Å². The molecule has 2 atom stereocenters. The van der Waals surface area contributed by atoms with Gasteiger partial charge in [-0.15, -0.1) is 6.58 Å². The normalized spacial score (nSPS) is 11.6. The molecule has 0 saturated heterocycles. The molecule has 2 unspecified atom stereocenters. The Balaban J connectivity index is 2.94. The molecule has 5 heteroatoms. The molecule has 0 aromatic carbocycles. The third-order valence-corrected chi connectivity index (χ3v) is 2.30. The van der Waals surface area contributed by atoms with Crippen molar-refractivity contribution in [3.05, 3.63) is 12.7 Å². The van der Waals surface area contributed by atoms with E-state index in [9.17, 15) is 0 Å². The van der Waals surface area contributed by atoms with E-state index in [2.05, 4.69) is 25.3 Å². The maximum atomic E-state index is 4.08. The van der Waals surface area contributed by atoms with Gasteiger partial charge < -0.3 is 0 Å². The Hall–Kier alpha value is 0.660. The molecule has 1 N–H and O–H groups in total. The average Bonchev–Trinajstić information content (AvgIpc) is 1.81. The fraction of sp³-hybridized carbons (Fsp3) is 0.333. The Morgan fingerprint density at radius 3 is 3.25 bits per heavy atom. The van der Waals surface area contributed by atoms with Gasteiger partial charge >= 0.3 is 0 Å². The highest BCUT2D eigenvalue weighted by Crippen LogP contribution is 2.14. The van der Waals surface area contributed by atoms with E-state index in [1.807, 2.05) is 6.08 Å². The van der Waals surface area contributed by atoms with Gasteiger partial charge in [-0.1, -0.05) is 15.5 Å². The molecule has 0 spiro atoms. The summed E-state index contributed by atoms with van der Waals surface area (Å²) in [7, 11) is 4.01. The lowest BCUT2D eigenvalue weighted by molar-refractivity contribution is 1.69. The average molecular weight is 166 g/mol. The molecule has 0 aliphatic heterocycles. The smallest absolute Gasteiger partial charge is 0.0799 e. The van der Waals surface area contributed by atoms with Crippen molar-refractivity contribution in [2.24, 2.45) is 4.52 Å². The van der Waals surface area contributed by atoms with Gasteiger partial charge in [-0.2, -0.15) is 0 Å². The van der Waals surface area contributed by atoms with Gasteiger partial charge in [-0.25, -0.2) is 4.52 Å². The van der Waals surface area contributed by atoms with Crippen molar-refractivity contribution in [3.63, 3.8) is 0 Å². The molecule has 0 amide bonds. The first-order chi connectivity index (χ1) is 3.91. The van der Waals surface area contributed by atoms with Crippen LogP contribution in [-0.4, -0.2) is 6.16 Å². The van der Waals surface area contributed by atoms with E-state index in [0.717, 1.165) is 14.5 Å². The zero-order chi connectivity index (χ0) is 6.24. The molecule has 0 bridgehead atoms. The monoisotopic (exact) mass is 166 g/mol. The summed E-state index contributed by atoms with van der Waals surface area (Å²) in [6.07, 6.45) is 2.82. The van der Waals surface area contributed by atoms with Crippen LogP contribution in [0.1, 0.15) is 0 Å². The van der Waals surface area contributed by atoms with Crippen LogP contribution in [0.3, 0.4) is 0 Å². The van der Waals surface area contributed by atoms with Gasteiger partial charge in [0.25, 0.3) is 0 Å².